The molecule has 0 aliphatic heterocycles. The first-order valence-electron chi connectivity index (χ1n) is 48.2. The van der Waals surface area contributed by atoms with Gasteiger partial charge in [0.2, 0.25) is 0 Å². The van der Waals surface area contributed by atoms with E-state index in [0.29, 0.717) is 17.4 Å². The lowest BCUT2D eigenvalue weighted by atomic mass is 10.0. The van der Waals surface area contributed by atoms with E-state index in [1.54, 1.807) is 0 Å². The van der Waals surface area contributed by atoms with Crippen molar-refractivity contribution in [3.8, 4) is 0 Å². The van der Waals surface area contributed by atoms with Crippen LogP contribution >= 0.6 is 0 Å². The number of aliphatic carboxylic acids is 1. The Morgan fingerprint density at radius 2 is 0.429 bits per heavy atom. The lowest BCUT2D eigenvalue weighted by molar-refractivity contribution is -0.870. The number of carboxylic acid groups (broad SMARTS) is 1. The number of carboxylic acids is 1. The Morgan fingerprint density at radius 1 is 0.248 bits per heavy atom. The summed E-state index contributed by atoms with van der Waals surface area (Å²) < 4.78 is 23.0. The average Bonchev–Trinajstić information content (AvgIpc) is 1.07. The number of hydrogen-bond donors (Lipinski definition) is 0. The quantitative estimate of drug-likeness (QED) is 0.0256. The summed E-state index contributed by atoms with van der Waals surface area (Å²) >= 11 is 0. The van der Waals surface area contributed by atoms with Crippen LogP contribution in [0.15, 0.2) is 0 Å². The summed E-state index contributed by atoms with van der Waals surface area (Å²) in [4.78, 5) is 37.7. The van der Waals surface area contributed by atoms with E-state index >= 15 is 0 Å². The van der Waals surface area contributed by atoms with Crippen LogP contribution in [0, 0.1) is 0 Å². The fraction of sp³-hybridized carbons (Fsp3) is 0.969. The molecule has 626 valence electrons. The van der Waals surface area contributed by atoms with E-state index in [2.05, 4.69) is 13.8 Å². The second-order valence-electron chi connectivity index (χ2n) is 34.7. The van der Waals surface area contributed by atoms with E-state index in [9.17, 15) is 19.5 Å². The average molecular weight is 1490 g/mol. The van der Waals surface area contributed by atoms with Crippen LogP contribution in [-0.2, 0) is 33.3 Å². The molecule has 0 amide bonds. The van der Waals surface area contributed by atoms with Gasteiger partial charge in [0, 0.05) is 12.8 Å². The molecular formula is C96H189NO8. The van der Waals surface area contributed by atoms with Gasteiger partial charge in [-0.2, -0.15) is 0 Å². The lowest BCUT2D eigenvalue weighted by Gasteiger charge is -2.26. The van der Waals surface area contributed by atoms with Gasteiger partial charge in [-0.05, 0) is 12.8 Å². The van der Waals surface area contributed by atoms with Crippen LogP contribution in [0.25, 0.3) is 0 Å². The highest BCUT2D eigenvalue weighted by atomic mass is 16.7. The molecule has 2 unspecified atom stereocenters. The fourth-order valence-corrected chi connectivity index (χ4v) is 15.6. The number of esters is 2. The van der Waals surface area contributed by atoms with Crippen LogP contribution in [0.5, 0.6) is 0 Å². The van der Waals surface area contributed by atoms with E-state index in [4.69, 9.17) is 18.9 Å². The normalized spacial score (nSPS) is 12.4. The van der Waals surface area contributed by atoms with Crippen molar-refractivity contribution in [3.63, 3.8) is 0 Å². The summed E-state index contributed by atoms with van der Waals surface area (Å²) in [5.41, 5.74) is 0. The van der Waals surface area contributed by atoms with Crippen molar-refractivity contribution in [1.82, 2.24) is 0 Å². The molecule has 0 aliphatic rings. The molecule has 2 atom stereocenters. The largest absolute Gasteiger partial charge is 0.545 e. The third-order valence-corrected chi connectivity index (χ3v) is 22.9. The van der Waals surface area contributed by atoms with Gasteiger partial charge in [-0.3, -0.25) is 9.59 Å². The fourth-order valence-electron chi connectivity index (χ4n) is 15.6. The van der Waals surface area contributed by atoms with Crippen molar-refractivity contribution in [2.75, 3.05) is 47.5 Å². The third-order valence-electron chi connectivity index (χ3n) is 22.9. The van der Waals surface area contributed by atoms with E-state index in [1.807, 2.05) is 21.1 Å². The van der Waals surface area contributed by atoms with Crippen LogP contribution in [0.1, 0.15) is 540 Å². The van der Waals surface area contributed by atoms with Gasteiger partial charge in [0.05, 0.1) is 40.3 Å². The minimum atomic E-state index is -1.62. The lowest BCUT2D eigenvalue weighted by Crippen LogP contribution is -2.44. The van der Waals surface area contributed by atoms with Crippen LogP contribution in [-0.4, -0.2) is 82.3 Å². The Labute approximate surface area is 657 Å². The molecule has 0 radical (unpaired) electrons. The van der Waals surface area contributed by atoms with Crippen LogP contribution in [0.2, 0.25) is 0 Å². The number of quaternary nitrogens is 1. The highest BCUT2D eigenvalue weighted by Gasteiger charge is 2.22. The van der Waals surface area contributed by atoms with Crippen LogP contribution in [0.4, 0.5) is 0 Å². The number of rotatable bonds is 93. The number of hydrogen-bond acceptors (Lipinski definition) is 8. The predicted octanol–water partition coefficient (Wildman–Crippen LogP) is 30.3. The van der Waals surface area contributed by atoms with Gasteiger partial charge in [-0.25, -0.2) is 0 Å². The molecule has 105 heavy (non-hydrogen) atoms. The summed E-state index contributed by atoms with van der Waals surface area (Å²) in [5.74, 6) is -2.23. The number of carbonyl (C=O) groups is 3. The van der Waals surface area contributed by atoms with Crippen molar-refractivity contribution in [2.45, 2.75) is 553 Å². The number of unbranched alkanes of at least 4 members (excludes halogenated alkanes) is 78. The number of ether oxygens (including phenoxy) is 4. The first-order chi connectivity index (χ1) is 51.6. The van der Waals surface area contributed by atoms with Gasteiger partial charge in [-0.1, -0.05) is 515 Å². The monoisotopic (exact) mass is 1480 g/mol. The maximum atomic E-state index is 13.0. The molecule has 0 spiro atoms. The first kappa shape index (κ1) is 103. The Hall–Kier alpha value is -1.71. The summed E-state index contributed by atoms with van der Waals surface area (Å²) in [6.07, 6.45) is 109. The molecule has 0 aromatic rings. The van der Waals surface area contributed by atoms with Gasteiger partial charge in [0.1, 0.15) is 13.2 Å². The molecule has 0 fully saturated rings. The van der Waals surface area contributed by atoms with Crippen molar-refractivity contribution in [3.05, 3.63) is 0 Å². The van der Waals surface area contributed by atoms with E-state index < -0.39 is 24.3 Å². The highest BCUT2D eigenvalue weighted by molar-refractivity contribution is 5.70. The second-order valence-corrected chi connectivity index (χ2v) is 34.7. The minimum absolute atomic E-state index is 0.154. The van der Waals surface area contributed by atoms with Crippen molar-refractivity contribution < 1.29 is 42.9 Å². The van der Waals surface area contributed by atoms with Crippen LogP contribution in [0.3, 0.4) is 0 Å². The van der Waals surface area contributed by atoms with E-state index in [1.165, 1.54) is 475 Å². The van der Waals surface area contributed by atoms with E-state index in [0.717, 1.165) is 38.5 Å². The van der Waals surface area contributed by atoms with Crippen molar-refractivity contribution in [2.24, 2.45) is 0 Å². The molecular weight excluding hydrogens is 1300 g/mol. The maximum absolute atomic E-state index is 13.0. The maximum Gasteiger partial charge on any atom is 0.306 e. The Kier molecular flexibility index (Phi) is 86.4. The molecule has 0 heterocycles. The SMILES string of the molecule is CCCCCCCCCCCCCCCCCCCCCCCCCCCCCCCCCCCCCCCCCCC(=O)OCC(COC(OCC[N+](C)(C)C)C(=O)[O-])OC(=O)CCCCCCCCCCCCCCCCCCCCCCCCCCCCCCCCCCCCCCCCCC. The van der Waals surface area contributed by atoms with E-state index in [-0.39, 0.29) is 32.2 Å². The minimum Gasteiger partial charge on any atom is -0.545 e. The molecule has 0 rings (SSSR count). The zero-order chi connectivity index (χ0) is 76.0. The molecule has 0 saturated heterocycles. The summed E-state index contributed by atoms with van der Waals surface area (Å²) in [5, 5.41) is 11.9. The van der Waals surface area contributed by atoms with Gasteiger partial charge < -0.3 is 33.3 Å². The summed E-state index contributed by atoms with van der Waals surface area (Å²) in [6.45, 7) is 4.87. The molecule has 0 bridgehead atoms. The Bertz CT molecular complexity index is 1680. The molecule has 0 N–H and O–H groups in total. The molecule has 0 saturated carbocycles. The van der Waals surface area contributed by atoms with Crippen molar-refractivity contribution in [1.29, 1.82) is 0 Å². The second kappa shape index (κ2) is 87.9. The molecule has 9 nitrogen and oxygen atoms in total. The summed E-state index contributed by atoms with van der Waals surface area (Å²) in [6, 6.07) is 0. The molecule has 0 aromatic carbocycles. The van der Waals surface area contributed by atoms with Crippen molar-refractivity contribution >= 4 is 17.9 Å². The smallest absolute Gasteiger partial charge is 0.306 e. The first-order valence-corrected chi connectivity index (χ1v) is 48.2. The highest BCUT2D eigenvalue weighted by Crippen LogP contribution is 2.23. The topological polar surface area (TPSA) is 111 Å². The number of carbonyl (C=O) groups excluding carboxylic acids is 3. The van der Waals surface area contributed by atoms with Gasteiger partial charge in [0.15, 0.2) is 12.4 Å². The zero-order valence-corrected chi connectivity index (χ0v) is 72.2. The number of nitrogens with zero attached hydrogens (tertiary/aromatic N) is 1. The molecule has 0 aliphatic carbocycles. The van der Waals surface area contributed by atoms with Gasteiger partial charge in [-0.15, -0.1) is 0 Å². The molecule has 0 aromatic heterocycles. The predicted molar refractivity (Wildman–Crippen MR) is 454 cm³/mol. The zero-order valence-electron chi connectivity index (χ0n) is 72.2. The third kappa shape index (κ3) is 89.4. The van der Waals surface area contributed by atoms with Gasteiger partial charge >= 0.3 is 11.9 Å². The standard InChI is InChI=1S/C96H189NO8/c1-6-8-10-12-14-16-18-20-22-24-26-28-30-32-34-36-38-40-42-44-46-48-50-52-54-56-58-60-62-64-66-68-70-72-74-76-78-80-82-84-86-93(98)103-90-92(91-104-96(95(100)101)102-89-88-97(3,4)5)105-94(99)87-85-83-81-79-77-75-73-71-69-67-65-63-61-59-57-55-53-51-49-47-45-43-41-39-37-35-33-31-29-27-25-23-21-19-17-15-13-11-9-7-2/h92,96H,6-91H2,1-5H3. The Balaban J connectivity index is 3.83. The molecule has 9 heteroatoms. The number of likely N-dealkylation sites (N-methyl/N-ethyl adjacent to an activating group) is 1. The van der Waals surface area contributed by atoms with Crippen LogP contribution < -0.4 is 5.11 Å². The summed E-state index contributed by atoms with van der Waals surface area (Å²) in [7, 11) is 5.97. The Morgan fingerprint density at radius 3 is 0.610 bits per heavy atom. The van der Waals surface area contributed by atoms with Gasteiger partial charge in [0.25, 0.3) is 0 Å².